The monoisotopic (exact) mass is 826 g/mol. The van der Waals surface area contributed by atoms with Crippen molar-refractivity contribution in [3.63, 3.8) is 0 Å². The first kappa shape index (κ1) is 42.2. The molecule has 2 nitrogen and oxygen atoms in total. The van der Waals surface area contributed by atoms with Crippen LogP contribution in [0.25, 0.3) is 53.1 Å². The van der Waals surface area contributed by atoms with Crippen LogP contribution < -0.4 is 0 Å². The van der Waals surface area contributed by atoms with E-state index in [0.717, 1.165) is 17.5 Å². The molecule has 0 unspecified atom stereocenters. The summed E-state index contributed by atoms with van der Waals surface area (Å²) in [5, 5.41) is 2.29. The summed E-state index contributed by atoms with van der Waals surface area (Å²) >= 11 is 9.01. The molecule has 6 rings (SSSR count). The van der Waals surface area contributed by atoms with Crippen LogP contribution in [0.2, 0.25) is 0 Å². The van der Waals surface area contributed by atoms with Crippen LogP contribution in [0, 0.1) is 0 Å². The van der Waals surface area contributed by atoms with Crippen molar-refractivity contribution in [1.82, 2.24) is 8.75 Å². The molecule has 0 bridgehead atoms. The van der Waals surface area contributed by atoms with Gasteiger partial charge in [0.2, 0.25) is 0 Å². The van der Waals surface area contributed by atoms with Crippen LogP contribution in [-0.4, -0.2) is 8.75 Å². The summed E-state index contributed by atoms with van der Waals surface area (Å²) in [5.74, 6) is 0. The van der Waals surface area contributed by atoms with E-state index in [-0.39, 0.29) is 0 Å². The first-order valence-corrected chi connectivity index (χ1v) is 25.6. The zero-order chi connectivity index (χ0) is 37.9. The summed E-state index contributed by atoms with van der Waals surface area (Å²) in [6.07, 6.45) is 34.6. The molecule has 0 aliphatic rings. The predicted octanol–water partition coefficient (Wildman–Crippen LogP) is 18.0. The SMILES string of the molecule is CCCCCCCCCCCCc1ccsc1-c1ccc(/C=C/c2ccc(-c3sc(-c4cccc5nsnc45)cc3CCCCCCCCCCCC)s2)s1. The Morgan fingerprint density at radius 3 is 1.64 bits per heavy atom. The van der Waals surface area contributed by atoms with Crippen LogP contribution >= 0.6 is 57.1 Å². The summed E-state index contributed by atoms with van der Waals surface area (Å²) in [7, 11) is 0. The maximum absolute atomic E-state index is 4.68. The second kappa shape index (κ2) is 23.7. The van der Waals surface area contributed by atoms with Gasteiger partial charge in [-0.15, -0.1) is 45.3 Å². The van der Waals surface area contributed by atoms with Gasteiger partial charge in [-0.1, -0.05) is 142 Å². The lowest BCUT2D eigenvalue weighted by molar-refractivity contribution is 0.556. The van der Waals surface area contributed by atoms with Crippen molar-refractivity contribution in [2.45, 2.75) is 155 Å². The number of rotatable bonds is 27. The molecule has 0 aliphatic heterocycles. The second-order valence-electron chi connectivity index (χ2n) is 15.3. The van der Waals surface area contributed by atoms with E-state index in [0.29, 0.717) is 0 Å². The molecule has 0 saturated heterocycles. The molecule has 5 heterocycles. The maximum atomic E-state index is 4.68. The average Bonchev–Trinajstić information content (AvgIpc) is 4.05. The highest BCUT2D eigenvalue weighted by atomic mass is 32.1. The molecule has 0 amide bonds. The second-order valence-corrected chi connectivity index (χ2v) is 20.0. The third-order valence-electron chi connectivity index (χ3n) is 10.8. The number of unbranched alkanes of at least 4 members (excludes halogenated alkanes) is 18. The number of nitrogens with zero attached hydrogens (tertiary/aromatic N) is 2. The summed E-state index contributed by atoms with van der Waals surface area (Å²) in [4.78, 5) is 9.66. The summed E-state index contributed by atoms with van der Waals surface area (Å²) < 4.78 is 9.21. The third-order valence-corrected chi connectivity index (χ3v) is 16.0. The number of aryl methyl sites for hydroxylation is 2. The number of hydrogen-bond acceptors (Lipinski definition) is 7. The van der Waals surface area contributed by atoms with Crippen LogP contribution in [0.3, 0.4) is 0 Å². The fourth-order valence-corrected chi connectivity index (χ4v) is 12.5. The summed E-state index contributed by atoms with van der Waals surface area (Å²) in [6.45, 7) is 4.60. The van der Waals surface area contributed by atoms with Gasteiger partial charge in [-0.05, 0) is 96.8 Å². The molecule has 0 spiro atoms. The fourth-order valence-electron chi connectivity index (χ4n) is 7.61. The molecular formula is C48H62N2S5. The molecule has 6 aromatic rings. The highest BCUT2D eigenvalue weighted by Crippen LogP contribution is 2.44. The van der Waals surface area contributed by atoms with Gasteiger partial charge in [0, 0.05) is 39.7 Å². The Kier molecular flexibility index (Phi) is 18.2. The van der Waals surface area contributed by atoms with Crippen LogP contribution in [-0.2, 0) is 12.8 Å². The van der Waals surface area contributed by atoms with Gasteiger partial charge in [0.15, 0.2) is 0 Å². The zero-order valence-electron chi connectivity index (χ0n) is 33.4. The summed E-state index contributed by atoms with van der Waals surface area (Å²) in [6, 6.07) is 20.5. The van der Waals surface area contributed by atoms with E-state index in [1.54, 1.807) is 0 Å². The molecule has 0 atom stereocenters. The minimum absolute atomic E-state index is 0.998. The van der Waals surface area contributed by atoms with Crippen molar-refractivity contribution in [2.24, 2.45) is 0 Å². The largest absolute Gasteiger partial charge is 0.173 e. The van der Waals surface area contributed by atoms with E-state index >= 15 is 0 Å². The normalized spacial score (nSPS) is 11.9. The van der Waals surface area contributed by atoms with Crippen molar-refractivity contribution in [2.75, 3.05) is 0 Å². The lowest BCUT2D eigenvalue weighted by Crippen LogP contribution is -1.87. The van der Waals surface area contributed by atoms with Gasteiger partial charge in [-0.2, -0.15) is 8.75 Å². The van der Waals surface area contributed by atoms with E-state index in [1.807, 2.05) is 45.3 Å². The van der Waals surface area contributed by atoms with Crippen LogP contribution in [0.15, 0.2) is 60.0 Å². The van der Waals surface area contributed by atoms with Crippen molar-refractivity contribution < 1.29 is 0 Å². The van der Waals surface area contributed by atoms with E-state index in [9.17, 15) is 0 Å². The highest BCUT2D eigenvalue weighted by Gasteiger charge is 2.17. The first-order chi connectivity index (χ1) is 27.2. The minimum Gasteiger partial charge on any atom is -0.173 e. The number of benzene rings is 1. The Morgan fingerprint density at radius 1 is 0.491 bits per heavy atom. The maximum Gasteiger partial charge on any atom is 0.113 e. The van der Waals surface area contributed by atoms with Crippen LogP contribution in [0.5, 0.6) is 0 Å². The van der Waals surface area contributed by atoms with Gasteiger partial charge in [0.25, 0.3) is 0 Å². The third kappa shape index (κ3) is 13.0. The van der Waals surface area contributed by atoms with Crippen LogP contribution in [0.1, 0.15) is 163 Å². The van der Waals surface area contributed by atoms with Gasteiger partial charge in [-0.3, -0.25) is 0 Å². The molecule has 55 heavy (non-hydrogen) atoms. The van der Waals surface area contributed by atoms with Crippen molar-refractivity contribution in [1.29, 1.82) is 0 Å². The number of hydrogen-bond donors (Lipinski definition) is 0. The molecule has 0 N–H and O–H groups in total. The number of thiophene rings is 4. The van der Waals surface area contributed by atoms with Gasteiger partial charge >= 0.3 is 0 Å². The van der Waals surface area contributed by atoms with E-state index in [2.05, 4.69) is 94.7 Å². The van der Waals surface area contributed by atoms with Gasteiger partial charge in [0.1, 0.15) is 11.0 Å². The van der Waals surface area contributed by atoms with Gasteiger partial charge in [-0.25, -0.2) is 0 Å². The smallest absolute Gasteiger partial charge is 0.113 e. The average molecular weight is 827 g/mol. The molecule has 0 radical (unpaired) electrons. The van der Waals surface area contributed by atoms with Crippen molar-refractivity contribution in [3.8, 4) is 29.9 Å². The summed E-state index contributed by atoms with van der Waals surface area (Å²) in [5.41, 5.74) is 6.28. The van der Waals surface area contributed by atoms with E-state index in [4.69, 9.17) is 0 Å². The topological polar surface area (TPSA) is 25.8 Å². The Hall–Kier alpha value is -2.42. The lowest BCUT2D eigenvalue weighted by Gasteiger charge is -2.04. The first-order valence-electron chi connectivity index (χ1n) is 21.5. The number of aromatic nitrogens is 2. The fraction of sp³-hybridized carbons (Fsp3) is 0.500. The standard InChI is InChI=1S/C48H62N2S5/c1-3-5-7-9-11-13-15-17-19-21-24-37-34-35-51-47(37)43-32-30-39(52-43)28-29-40-31-33-44(53-40)48-38(25-22-20-18-16-14-12-10-8-6-4-2)36-45(54-48)41-26-23-27-42-46(41)50-55-49-42/h23,26-36H,3-22,24-25H2,1-2H3/b29-28+. The Bertz CT molecular complexity index is 1980. The Labute approximate surface area is 352 Å². The molecule has 294 valence electrons. The Balaban J connectivity index is 1.04. The minimum atomic E-state index is 0.998. The van der Waals surface area contributed by atoms with Gasteiger partial charge < -0.3 is 0 Å². The molecule has 0 aliphatic carbocycles. The molecule has 5 aromatic heterocycles. The molecule has 0 fully saturated rings. The Morgan fingerprint density at radius 2 is 1.04 bits per heavy atom. The van der Waals surface area contributed by atoms with E-state index in [1.165, 1.54) is 197 Å². The van der Waals surface area contributed by atoms with Crippen molar-refractivity contribution in [3.05, 3.63) is 80.9 Å². The molecule has 1 aromatic carbocycles. The van der Waals surface area contributed by atoms with Crippen molar-refractivity contribution >= 4 is 80.3 Å². The lowest BCUT2D eigenvalue weighted by atomic mass is 10.0. The van der Waals surface area contributed by atoms with Gasteiger partial charge in [0.05, 0.1) is 11.7 Å². The molecule has 7 heteroatoms. The quantitative estimate of drug-likeness (QED) is 0.0484. The van der Waals surface area contributed by atoms with Crippen LogP contribution in [0.4, 0.5) is 0 Å². The predicted molar refractivity (Wildman–Crippen MR) is 252 cm³/mol. The molecular weight excluding hydrogens is 765 g/mol. The highest BCUT2D eigenvalue weighted by molar-refractivity contribution is 7.24. The van der Waals surface area contributed by atoms with E-state index < -0.39 is 0 Å². The zero-order valence-corrected chi connectivity index (χ0v) is 37.5. The number of fused-ring (bicyclic) bond motifs is 1. The molecule has 0 saturated carbocycles.